The predicted molar refractivity (Wildman–Crippen MR) is 118 cm³/mol. The third-order valence-electron chi connectivity index (χ3n) is 5.51. The third kappa shape index (κ3) is 3.51. The number of Topliss-reactive ketones (excluding diaryl/α,β-unsaturated/α-hetero) is 1. The standard InChI is InChI=1S/C24H19N3O5/c1-14-9-10-17(12-15(14)2)26-21(19-8-3-4-11-25-19)20(23(29)24(26)30)22(28)16-6-5-7-18(13-16)27(31)32/h3-13,21,28H,1-2H3/b22-20-. The fourth-order valence-electron chi connectivity index (χ4n) is 3.71. The Morgan fingerprint density at radius 2 is 1.81 bits per heavy atom. The normalized spacial score (nSPS) is 17.6. The van der Waals surface area contributed by atoms with Crippen molar-refractivity contribution in [1.82, 2.24) is 4.98 Å². The summed E-state index contributed by atoms with van der Waals surface area (Å²) < 4.78 is 0. The van der Waals surface area contributed by atoms with Crippen molar-refractivity contribution in [2.24, 2.45) is 0 Å². The molecule has 160 valence electrons. The number of carbonyl (C=O) groups excluding carboxylic acids is 2. The summed E-state index contributed by atoms with van der Waals surface area (Å²) in [4.78, 5) is 42.4. The van der Waals surface area contributed by atoms with Crippen LogP contribution in [0.25, 0.3) is 5.76 Å². The molecule has 8 heteroatoms. The molecule has 0 radical (unpaired) electrons. The number of aryl methyl sites for hydroxylation is 2. The number of nitro groups is 1. The number of hydrogen-bond donors (Lipinski definition) is 1. The topological polar surface area (TPSA) is 114 Å². The van der Waals surface area contributed by atoms with Gasteiger partial charge in [0, 0.05) is 29.6 Å². The number of aliphatic hydroxyl groups excluding tert-OH is 1. The first-order valence-corrected chi connectivity index (χ1v) is 9.83. The van der Waals surface area contributed by atoms with E-state index >= 15 is 0 Å². The van der Waals surface area contributed by atoms with Gasteiger partial charge in [0.1, 0.15) is 11.8 Å². The number of anilines is 1. The number of ketones is 1. The molecular formula is C24H19N3O5. The second kappa shape index (κ2) is 8.07. The van der Waals surface area contributed by atoms with Crippen molar-refractivity contribution in [3.8, 4) is 0 Å². The van der Waals surface area contributed by atoms with Gasteiger partial charge in [-0.2, -0.15) is 0 Å². The fraction of sp³-hybridized carbons (Fsp3) is 0.125. The molecule has 8 nitrogen and oxygen atoms in total. The first-order valence-electron chi connectivity index (χ1n) is 9.83. The molecule has 1 atom stereocenters. The lowest BCUT2D eigenvalue weighted by atomic mass is 9.97. The molecule has 0 saturated carbocycles. The Hall–Kier alpha value is -4.33. The van der Waals surface area contributed by atoms with Crippen LogP contribution in [0.15, 0.2) is 72.4 Å². The maximum absolute atomic E-state index is 13.1. The zero-order valence-electron chi connectivity index (χ0n) is 17.4. The number of non-ortho nitro benzene ring substituents is 1. The summed E-state index contributed by atoms with van der Waals surface area (Å²) in [6.45, 7) is 3.83. The molecule has 3 aromatic rings. The van der Waals surface area contributed by atoms with Crippen LogP contribution in [-0.4, -0.2) is 26.7 Å². The van der Waals surface area contributed by atoms with Crippen LogP contribution < -0.4 is 4.90 Å². The molecule has 1 saturated heterocycles. The molecule has 4 rings (SSSR count). The number of hydrogen-bond acceptors (Lipinski definition) is 6. The number of pyridine rings is 1. The Bertz CT molecular complexity index is 1280. The number of rotatable bonds is 4. The number of amides is 1. The van der Waals surface area contributed by atoms with Gasteiger partial charge in [0.05, 0.1) is 16.2 Å². The lowest BCUT2D eigenvalue weighted by Gasteiger charge is -2.25. The first kappa shape index (κ1) is 20.9. The van der Waals surface area contributed by atoms with E-state index in [0.717, 1.165) is 17.2 Å². The van der Waals surface area contributed by atoms with Crippen LogP contribution in [0.1, 0.15) is 28.4 Å². The SMILES string of the molecule is Cc1ccc(N2C(=O)C(=O)/C(=C(\O)c3cccc([N+](=O)[O-])c3)C2c2ccccn2)cc1C. The van der Waals surface area contributed by atoms with E-state index < -0.39 is 28.4 Å². The van der Waals surface area contributed by atoms with E-state index in [1.807, 2.05) is 19.9 Å². The van der Waals surface area contributed by atoms with Crippen molar-refractivity contribution >= 4 is 28.8 Å². The molecule has 1 fully saturated rings. The Balaban J connectivity index is 1.95. The van der Waals surface area contributed by atoms with Crippen molar-refractivity contribution in [2.75, 3.05) is 4.90 Å². The van der Waals surface area contributed by atoms with Crippen LogP contribution in [0, 0.1) is 24.0 Å². The van der Waals surface area contributed by atoms with E-state index in [-0.39, 0.29) is 16.8 Å². The second-order valence-corrected chi connectivity index (χ2v) is 7.50. The molecule has 1 N–H and O–H groups in total. The first-order chi connectivity index (χ1) is 15.3. The van der Waals surface area contributed by atoms with Gasteiger partial charge in [-0.05, 0) is 49.2 Å². The summed E-state index contributed by atoms with van der Waals surface area (Å²) in [5.41, 5.74) is 2.48. The summed E-state index contributed by atoms with van der Waals surface area (Å²) >= 11 is 0. The number of carbonyl (C=O) groups is 2. The Morgan fingerprint density at radius 3 is 2.47 bits per heavy atom. The maximum atomic E-state index is 13.1. The minimum Gasteiger partial charge on any atom is -0.507 e. The van der Waals surface area contributed by atoms with Crippen molar-refractivity contribution in [2.45, 2.75) is 19.9 Å². The highest BCUT2D eigenvalue weighted by Crippen LogP contribution is 2.42. The van der Waals surface area contributed by atoms with Crippen LogP contribution >= 0.6 is 0 Å². The summed E-state index contributed by atoms with van der Waals surface area (Å²) in [6, 6.07) is 14.8. The molecule has 1 aromatic heterocycles. The summed E-state index contributed by atoms with van der Waals surface area (Å²) in [7, 11) is 0. The van der Waals surface area contributed by atoms with E-state index in [1.165, 1.54) is 29.3 Å². The second-order valence-electron chi connectivity index (χ2n) is 7.50. The number of aliphatic hydroxyl groups is 1. The highest BCUT2D eigenvalue weighted by molar-refractivity contribution is 6.51. The highest BCUT2D eigenvalue weighted by atomic mass is 16.6. The molecule has 2 heterocycles. The Labute approximate surface area is 183 Å². The fourth-order valence-corrected chi connectivity index (χ4v) is 3.71. The minimum absolute atomic E-state index is 0.0678. The van der Waals surface area contributed by atoms with E-state index in [0.29, 0.717) is 11.4 Å². The lowest BCUT2D eigenvalue weighted by molar-refractivity contribution is -0.384. The van der Waals surface area contributed by atoms with E-state index in [1.54, 1.807) is 30.3 Å². The van der Waals surface area contributed by atoms with E-state index in [2.05, 4.69) is 4.98 Å². The molecule has 1 aliphatic rings. The summed E-state index contributed by atoms with van der Waals surface area (Å²) in [6.07, 6.45) is 1.53. The van der Waals surface area contributed by atoms with Gasteiger partial charge in [-0.1, -0.05) is 24.3 Å². The largest absolute Gasteiger partial charge is 0.507 e. The van der Waals surface area contributed by atoms with Gasteiger partial charge >= 0.3 is 0 Å². The van der Waals surface area contributed by atoms with Crippen molar-refractivity contribution in [3.63, 3.8) is 0 Å². The molecule has 32 heavy (non-hydrogen) atoms. The lowest BCUT2D eigenvalue weighted by Crippen LogP contribution is -2.29. The van der Waals surface area contributed by atoms with Gasteiger partial charge < -0.3 is 5.11 Å². The molecule has 1 unspecified atom stereocenters. The monoisotopic (exact) mass is 429 g/mol. The average molecular weight is 429 g/mol. The van der Waals surface area contributed by atoms with Crippen LogP contribution in [0.5, 0.6) is 0 Å². The Kier molecular flexibility index (Phi) is 5.28. The van der Waals surface area contributed by atoms with E-state index in [4.69, 9.17) is 0 Å². The van der Waals surface area contributed by atoms with Gasteiger partial charge in [0.15, 0.2) is 0 Å². The summed E-state index contributed by atoms with van der Waals surface area (Å²) in [5.74, 6) is -2.19. The number of benzene rings is 2. The Morgan fingerprint density at radius 1 is 1.03 bits per heavy atom. The van der Waals surface area contributed by atoms with Crippen LogP contribution in [0.3, 0.4) is 0 Å². The zero-order chi connectivity index (χ0) is 23.0. The number of aromatic nitrogens is 1. The quantitative estimate of drug-likeness (QED) is 0.218. The molecular weight excluding hydrogens is 410 g/mol. The van der Waals surface area contributed by atoms with Crippen LogP contribution in [0.2, 0.25) is 0 Å². The molecule has 2 aromatic carbocycles. The molecule has 1 amide bonds. The zero-order valence-corrected chi connectivity index (χ0v) is 17.4. The number of nitro benzene ring substituents is 1. The van der Waals surface area contributed by atoms with Crippen molar-refractivity contribution in [3.05, 3.63) is 105 Å². The van der Waals surface area contributed by atoms with Crippen molar-refractivity contribution in [1.29, 1.82) is 0 Å². The highest BCUT2D eigenvalue weighted by Gasteiger charge is 2.47. The van der Waals surface area contributed by atoms with Crippen molar-refractivity contribution < 1.29 is 19.6 Å². The molecule has 0 spiro atoms. The third-order valence-corrected chi connectivity index (χ3v) is 5.51. The average Bonchev–Trinajstić information content (AvgIpc) is 3.06. The predicted octanol–water partition coefficient (Wildman–Crippen LogP) is 4.23. The smallest absolute Gasteiger partial charge is 0.300 e. The summed E-state index contributed by atoms with van der Waals surface area (Å²) in [5, 5.41) is 22.2. The van der Waals surface area contributed by atoms with Gasteiger partial charge in [-0.15, -0.1) is 0 Å². The van der Waals surface area contributed by atoms with Gasteiger partial charge in [0.25, 0.3) is 17.4 Å². The maximum Gasteiger partial charge on any atom is 0.300 e. The van der Waals surface area contributed by atoms with E-state index in [9.17, 15) is 24.8 Å². The van der Waals surface area contributed by atoms with Gasteiger partial charge in [-0.25, -0.2) is 0 Å². The minimum atomic E-state index is -0.988. The molecule has 0 aliphatic carbocycles. The molecule has 0 bridgehead atoms. The van der Waals surface area contributed by atoms with Crippen LogP contribution in [-0.2, 0) is 9.59 Å². The molecule has 1 aliphatic heterocycles. The van der Waals surface area contributed by atoms with Crippen LogP contribution in [0.4, 0.5) is 11.4 Å². The van der Waals surface area contributed by atoms with Gasteiger partial charge in [0.2, 0.25) is 0 Å². The number of nitrogens with zero attached hydrogens (tertiary/aromatic N) is 3. The van der Waals surface area contributed by atoms with Gasteiger partial charge in [-0.3, -0.25) is 29.6 Å².